The van der Waals surface area contributed by atoms with E-state index in [1.54, 1.807) is 0 Å². The van der Waals surface area contributed by atoms with Crippen molar-refractivity contribution in [3.8, 4) is 0 Å². The zero-order chi connectivity index (χ0) is 13.4. The van der Waals surface area contributed by atoms with Gasteiger partial charge in [0, 0.05) is 18.7 Å². The number of aliphatic hydroxyl groups is 1. The number of nitrogens with one attached hydrogen (secondary N) is 1. The minimum atomic E-state index is 0.126. The molecule has 1 aliphatic rings. The molecular weight excluding hydrogens is 228 g/mol. The van der Waals surface area contributed by atoms with E-state index < -0.39 is 0 Å². The van der Waals surface area contributed by atoms with Gasteiger partial charge in [0.05, 0.1) is 6.54 Å². The molecule has 4 nitrogen and oxygen atoms in total. The predicted octanol–water partition coefficient (Wildman–Crippen LogP) is 1.53. The molecule has 2 unspecified atom stereocenters. The van der Waals surface area contributed by atoms with Crippen LogP contribution >= 0.6 is 0 Å². The zero-order valence-corrected chi connectivity index (χ0v) is 11.8. The highest BCUT2D eigenvalue weighted by atomic mass is 16.3. The SMILES string of the molecule is CCCC(C)NC(=O)CN1CCCCC1CCO. The summed E-state index contributed by atoms with van der Waals surface area (Å²) in [5.41, 5.74) is 0. The van der Waals surface area contributed by atoms with Crippen LogP contribution < -0.4 is 5.32 Å². The van der Waals surface area contributed by atoms with Gasteiger partial charge in [0.15, 0.2) is 0 Å². The number of carbonyl (C=O) groups is 1. The Hall–Kier alpha value is -0.610. The zero-order valence-electron chi connectivity index (χ0n) is 11.8. The standard InChI is InChI=1S/C14H28N2O2/c1-3-6-12(2)15-14(18)11-16-9-5-4-7-13(16)8-10-17/h12-13,17H,3-11H2,1-2H3,(H,15,18). The van der Waals surface area contributed by atoms with E-state index in [9.17, 15) is 4.79 Å². The number of likely N-dealkylation sites (tertiary alicyclic amines) is 1. The largest absolute Gasteiger partial charge is 0.396 e. The van der Waals surface area contributed by atoms with E-state index in [-0.39, 0.29) is 18.6 Å². The molecule has 1 saturated heterocycles. The van der Waals surface area contributed by atoms with E-state index in [4.69, 9.17) is 5.11 Å². The molecule has 1 rings (SSSR count). The summed E-state index contributed by atoms with van der Waals surface area (Å²) in [6.07, 6.45) is 6.41. The first-order valence-corrected chi connectivity index (χ1v) is 7.31. The number of nitrogens with zero attached hydrogens (tertiary/aromatic N) is 1. The van der Waals surface area contributed by atoms with Crippen molar-refractivity contribution < 1.29 is 9.90 Å². The van der Waals surface area contributed by atoms with Crippen LogP contribution in [0.1, 0.15) is 52.4 Å². The second kappa shape index (κ2) is 8.48. The summed E-state index contributed by atoms with van der Waals surface area (Å²) < 4.78 is 0. The van der Waals surface area contributed by atoms with Crippen LogP contribution in [-0.4, -0.2) is 47.7 Å². The third-order valence-electron chi connectivity index (χ3n) is 3.69. The van der Waals surface area contributed by atoms with Crippen molar-refractivity contribution in [1.29, 1.82) is 0 Å². The Morgan fingerprint density at radius 3 is 2.94 bits per heavy atom. The van der Waals surface area contributed by atoms with Gasteiger partial charge in [-0.05, 0) is 39.2 Å². The average Bonchev–Trinajstić information content (AvgIpc) is 2.32. The third kappa shape index (κ3) is 5.36. The lowest BCUT2D eigenvalue weighted by molar-refractivity contribution is -0.123. The molecule has 0 aromatic heterocycles. The topological polar surface area (TPSA) is 52.6 Å². The molecule has 0 saturated carbocycles. The molecule has 0 aromatic carbocycles. The molecule has 2 N–H and O–H groups in total. The van der Waals surface area contributed by atoms with E-state index >= 15 is 0 Å². The molecule has 0 spiro atoms. The normalized spacial score (nSPS) is 22.7. The number of hydrogen-bond acceptors (Lipinski definition) is 3. The van der Waals surface area contributed by atoms with Crippen molar-refractivity contribution >= 4 is 5.91 Å². The summed E-state index contributed by atoms with van der Waals surface area (Å²) in [4.78, 5) is 14.2. The Kier molecular flexibility index (Phi) is 7.28. The molecule has 0 bridgehead atoms. The fraction of sp³-hybridized carbons (Fsp3) is 0.929. The number of hydrogen-bond donors (Lipinski definition) is 2. The van der Waals surface area contributed by atoms with Crippen molar-refractivity contribution in [3.63, 3.8) is 0 Å². The molecule has 0 aliphatic carbocycles. The number of amides is 1. The lowest BCUT2D eigenvalue weighted by atomic mass is 9.99. The van der Waals surface area contributed by atoms with E-state index in [0.29, 0.717) is 12.6 Å². The monoisotopic (exact) mass is 256 g/mol. The van der Waals surface area contributed by atoms with Gasteiger partial charge in [-0.25, -0.2) is 0 Å². The van der Waals surface area contributed by atoms with Crippen LogP contribution in [0.2, 0.25) is 0 Å². The maximum atomic E-state index is 11.9. The smallest absolute Gasteiger partial charge is 0.234 e. The molecule has 1 amide bonds. The maximum absolute atomic E-state index is 11.9. The highest BCUT2D eigenvalue weighted by Crippen LogP contribution is 2.18. The van der Waals surface area contributed by atoms with Gasteiger partial charge in [0.2, 0.25) is 5.91 Å². The molecule has 1 fully saturated rings. The van der Waals surface area contributed by atoms with Crippen LogP contribution in [0.3, 0.4) is 0 Å². The van der Waals surface area contributed by atoms with E-state index in [2.05, 4.69) is 24.1 Å². The highest BCUT2D eigenvalue weighted by molar-refractivity contribution is 5.78. The summed E-state index contributed by atoms with van der Waals surface area (Å²) in [7, 11) is 0. The van der Waals surface area contributed by atoms with E-state index in [0.717, 1.165) is 32.2 Å². The molecule has 4 heteroatoms. The first kappa shape index (κ1) is 15.4. The second-order valence-electron chi connectivity index (χ2n) is 5.39. The third-order valence-corrected chi connectivity index (χ3v) is 3.69. The molecule has 1 aliphatic heterocycles. The van der Waals surface area contributed by atoms with Crippen LogP contribution in [-0.2, 0) is 4.79 Å². The number of aliphatic hydroxyl groups excluding tert-OH is 1. The van der Waals surface area contributed by atoms with Gasteiger partial charge in [0.25, 0.3) is 0 Å². The fourth-order valence-corrected chi connectivity index (χ4v) is 2.75. The van der Waals surface area contributed by atoms with E-state index in [1.807, 2.05) is 0 Å². The Morgan fingerprint density at radius 2 is 2.28 bits per heavy atom. The second-order valence-corrected chi connectivity index (χ2v) is 5.39. The van der Waals surface area contributed by atoms with Gasteiger partial charge in [0.1, 0.15) is 0 Å². The van der Waals surface area contributed by atoms with Gasteiger partial charge in [-0.3, -0.25) is 9.69 Å². The van der Waals surface area contributed by atoms with Crippen molar-refractivity contribution in [1.82, 2.24) is 10.2 Å². The summed E-state index contributed by atoms with van der Waals surface area (Å²) >= 11 is 0. The predicted molar refractivity (Wildman–Crippen MR) is 73.4 cm³/mol. The summed E-state index contributed by atoms with van der Waals surface area (Å²) in [5.74, 6) is 0.126. The first-order valence-electron chi connectivity index (χ1n) is 7.31. The molecular formula is C14H28N2O2. The van der Waals surface area contributed by atoms with Gasteiger partial charge in [-0.1, -0.05) is 19.8 Å². The Balaban J connectivity index is 2.36. The van der Waals surface area contributed by atoms with Crippen molar-refractivity contribution in [3.05, 3.63) is 0 Å². The van der Waals surface area contributed by atoms with Crippen molar-refractivity contribution in [2.75, 3.05) is 19.7 Å². The first-order chi connectivity index (χ1) is 8.67. The summed E-state index contributed by atoms with van der Waals surface area (Å²) in [5, 5.41) is 12.1. The van der Waals surface area contributed by atoms with Gasteiger partial charge in [-0.15, -0.1) is 0 Å². The molecule has 0 aromatic rings. The van der Waals surface area contributed by atoms with Crippen LogP contribution in [0.5, 0.6) is 0 Å². The quantitative estimate of drug-likeness (QED) is 0.726. The summed E-state index contributed by atoms with van der Waals surface area (Å²) in [6, 6.07) is 0.652. The molecule has 2 atom stereocenters. The molecule has 106 valence electrons. The highest BCUT2D eigenvalue weighted by Gasteiger charge is 2.23. The van der Waals surface area contributed by atoms with E-state index in [1.165, 1.54) is 12.8 Å². The van der Waals surface area contributed by atoms with Crippen LogP contribution in [0.25, 0.3) is 0 Å². The minimum Gasteiger partial charge on any atom is -0.396 e. The van der Waals surface area contributed by atoms with Crippen LogP contribution in [0.4, 0.5) is 0 Å². The number of piperidine rings is 1. The van der Waals surface area contributed by atoms with Crippen molar-refractivity contribution in [2.24, 2.45) is 0 Å². The lowest BCUT2D eigenvalue weighted by Crippen LogP contribution is -2.47. The lowest BCUT2D eigenvalue weighted by Gasteiger charge is -2.35. The van der Waals surface area contributed by atoms with Crippen molar-refractivity contribution in [2.45, 2.75) is 64.5 Å². The van der Waals surface area contributed by atoms with Gasteiger partial charge < -0.3 is 10.4 Å². The summed E-state index contributed by atoms with van der Waals surface area (Å²) in [6.45, 7) is 5.88. The number of carbonyl (C=O) groups excluding carboxylic acids is 1. The van der Waals surface area contributed by atoms with Gasteiger partial charge in [-0.2, -0.15) is 0 Å². The fourth-order valence-electron chi connectivity index (χ4n) is 2.75. The van der Waals surface area contributed by atoms with Crippen LogP contribution in [0, 0.1) is 0 Å². The number of rotatable bonds is 7. The molecule has 0 radical (unpaired) electrons. The van der Waals surface area contributed by atoms with Crippen LogP contribution in [0.15, 0.2) is 0 Å². The Labute approximate surface area is 111 Å². The molecule has 18 heavy (non-hydrogen) atoms. The minimum absolute atomic E-state index is 0.126. The maximum Gasteiger partial charge on any atom is 0.234 e. The average molecular weight is 256 g/mol. The Bertz CT molecular complexity index is 244. The van der Waals surface area contributed by atoms with Gasteiger partial charge >= 0.3 is 0 Å². The Morgan fingerprint density at radius 1 is 1.50 bits per heavy atom. The molecule has 1 heterocycles.